The second kappa shape index (κ2) is 5.08. The Morgan fingerprint density at radius 2 is 1.85 bits per heavy atom. The average Bonchev–Trinajstić information content (AvgIpc) is 2.84. The molecule has 0 amide bonds. The van der Waals surface area contributed by atoms with Gasteiger partial charge in [0, 0.05) is 24.0 Å². The van der Waals surface area contributed by atoms with Gasteiger partial charge in [0.05, 0.1) is 6.54 Å². The average molecular weight is 270 g/mol. The third kappa shape index (κ3) is 2.35. The number of rotatable bonds is 3. The van der Waals surface area contributed by atoms with Gasteiger partial charge in [-0.25, -0.2) is 19.0 Å². The third-order valence-corrected chi connectivity index (χ3v) is 2.83. The summed E-state index contributed by atoms with van der Waals surface area (Å²) in [5.41, 5.74) is 0.894. The first-order chi connectivity index (χ1) is 9.74. The van der Waals surface area contributed by atoms with E-state index in [0.29, 0.717) is 17.1 Å². The Morgan fingerprint density at radius 1 is 1.10 bits per heavy atom. The fraction of sp³-hybridized carbons (Fsp3) is 0.0714. The lowest BCUT2D eigenvalue weighted by Gasteiger charge is -2.04. The first kappa shape index (κ1) is 12.3. The zero-order valence-electron chi connectivity index (χ0n) is 10.4. The lowest BCUT2D eigenvalue weighted by Crippen LogP contribution is -2.03. The highest BCUT2D eigenvalue weighted by Gasteiger charge is 2.12. The highest BCUT2D eigenvalue weighted by molar-refractivity contribution is 5.50. The molecule has 0 aliphatic carbocycles. The number of nitrogens with zero attached hydrogens (tertiary/aromatic N) is 4. The number of hydrogen-bond donors (Lipinski definition) is 1. The molecule has 2 heterocycles. The second-order valence-corrected chi connectivity index (χ2v) is 4.21. The zero-order chi connectivity index (χ0) is 13.9. The normalized spacial score (nSPS) is 10.7. The van der Waals surface area contributed by atoms with Gasteiger partial charge in [0.15, 0.2) is 5.82 Å². The Morgan fingerprint density at radius 3 is 2.60 bits per heavy atom. The molecule has 1 aromatic carbocycles. The fourth-order valence-corrected chi connectivity index (χ4v) is 1.85. The first-order valence-electron chi connectivity index (χ1n) is 6.01. The summed E-state index contributed by atoms with van der Waals surface area (Å²) in [5.74, 6) is 0.0192. The van der Waals surface area contributed by atoms with Crippen LogP contribution < -0.4 is 0 Å². The largest absolute Gasteiger partial charge is 0.493 e. The Labute approximate surface area is 114 Å². The van der Waals surface area contributed by atoms with E-state index in [9.17, 15) is 9.50 Å². The quantitative estimate of drug-likeness (QED) is 0.792. The minimum Gasteiger partial charge on any atom is -0.493 e. The van der Waals surface area contributed by atoms with Crippen molar-refractivity contribution in [3.63, 3.8) is 0 Å². The molecule has 1 N–H and O–H groups in total. The fourth-order valence-electron chi connectivity index (χ4n) is 1.85. The van der Waals surface area contributed by atoms with Gasteiger partial charge >= 0.3 is 0 Å². The van der Waals surface area contributed by atoms with Crippen LogP contribution in [0.1, 0.15) is 5.56 Å². The van der Waals surface area contributed by atoms with Gasteiger partial charge in [0.1, 0.15) is 11.5 Å². The van der Waals surface area contributed by atoms with Crippen molar-refractivity contribution in [3.8, 4) is 17.4 Å². The molecule has 6 heteroatoms. The highest BCUT2D eigenvalue weighted by Crippen LogP contribution is 2.20. The van der Waals surface area contributed by atoms with Crippen LogP contribution in [0.3, 0.4) is 0 Å². The summed E-state index contributed by atoms with van der Waals surface area (Å²) in [4.78, 5) is 8.11. The van der Waals surface area contributed by atoms with Crippen molar-refractivity contribution < 1.29 is 9.50 Å². The van der Waals surface area contributed by atoms with E-state index in [-0.39, 0.29) is 18.2 Å². The van der Waals surface area contributed by atoms with Crippen molar-refractivity contribution >= 4 is 0 Å². The molecule has 0 saturated carbocycles. The minimum atomic E-state index is -0.333. The lowest BCUT2D eigenvalue weighted by molar-refractivity contribution is 0.407. The summed E-state index contributed by atoms with van der Waals surface area (Å²) in [6.07, 6.45) is 3.19. The number of hydrogen-bond acceptors (Lipinski definition) is 4. The van der Waals surface area contributed by atoms with Gasteiger partial charge in [0.25, 0.3) is 0 Å². The van der Waals surface area contributed by atoms with E-state index < -0.39 is 0 Å². The van der Waals surface area contributed by atoms with Gasteiger partial charge in [-0.1, -0.05) is 18.2 Å². The van der Waals surface area contributed by atoms with Crippen molar-refractivity contribution in [3.05, 3.63) is 60.2 Å². The van der Waals surface area contributed by atoms with Crippen LogP contribution in [-0.2, 0) is 6.54 Å². The van der Waals surface area contributed by atoms with E-state index in [0.717, 1.165) is 0 Å². The van der Waals surface area contributed by atoms with Gasteiger partial charge in [-0.15, -0.1) is 0 Å². The molecule has 0 spiro atoms. The van der Waals surface area contributed by atoms with Crippen LogP contribution in [0.4, 0.5) is 4.39 Å². The Bertz CT molecular complexity index is 727. The smallest absolute Gasteiger partial charge is 0.210 e. The van der Waals surface area contributed by atoms with E-state index >= 15 is 0 Å². The van der Waals surface area contributed by atoms with Gasteiger partial charge < -0.3 is 5.11 Å². The molecule has 0 aliphatic rings. The molecule has 100 valence electrons. The van der Waals surface area contributed by atoms with Crippen LogP contribution in [0.25, 0.3) is 11.5 Å². The summed E-state index contributed by atoms with van der Waals surface area (Å²) in [6.45, 7) is 0.144. The van der Waals surface area contributed by atoms with Crippen molar-refractivity contribution in [1.82, 2.24) is 19.7 Å². The van der Waals surface area contributed by atoms with Crippen LogP contribution in [0.2, 0.25) is 0 Å². The minimum absolute atomic E-state index is 0.0595. The van der Waals surface area contributed by atoms with Crippen LogP contribution in [0.5, 0.6) is 5.88 Å². The maximum Gasteiger partial charge on any atom is 0.210 e. The molecule has 2 aromatic heterocycles. The standard InChI is InChI=1S/C14H11FN4O/c15-11-5-2-1-4-10(11)9-19-13(20)8-12(18-19)14-16-6-3-7-17-14/h1-8,20H,9H2. The van der Waals surface area contributed by atoms with Crippen LogP contribution in [-0.4, -0.2) is 24.9 Å². The van der Waals surface area contributed by atoms with Gasteiger partial charge in [0.2, 0.25) is 5.88 Å². The molecule has 0 atom stereocenters. The number of halogens is 1. The van der Waals surface area contributed by atoms with Crippen LogP contribution >= 0.6 is 0 Å². The van der Waals surface area contributed by atoms with Crippen LogP contribution in [0, 0.1) is 5.82 Å². The van der Waals surface area contributed by atoms with Crippen molar-refractivity contribution in [2.45, 2.75) is 6.54 Å². The molecular weight excluding hydrogens is 259 g/mol. The Balaban J connectivity index is 1.92. The molecule has 5 nitrogen and oxygen atoms in total. The van der Waals surface area contributed by atoms with E-state index in [2.05, 4.69) is 15.1 Å². The zero-order valence-corrected chi connectivity index (χ0v) is 10.4. The van der Waals surface area contributed by atoms with Crippen molar-refractivity contribution in [1.29, 1.82) is 0 Å². The number of aromatic hydroxyl groups is 1. The van der Waals surface area contributed by atoms with Gasteiger partial charge in [-0.05, 0) is 12.1 Å². The van der Waals surface area contributed by atoms with Gasteiger partial charge in [-0.2, -0.15) is 5.10 Å². The Kier molecular flexibility index (Phi) is 3.12. The summed E-state index contributed by atoms with van der Waals surface area (Å²) in [5, 5.41) is 14.1. The second-order valence-electron chi connectivity index (χ2n) is 4.21. The van der Waals surface area contributed by atoms with E-state index in [1.54, 1.807) is 36.7 Å². The lowest BCUT2D eigenvalue weighted by atomic mass is 10.2. The van der Waals surface area contributed by atoms with Crippen molar-refractivity contribution in [2.75, 3.05) is 0 Å². The number of aromatic nitrogens is 4. The SMILES string of the molecule is Oc1cc(-c2ncccn2)nn1Cc1ccccc1F. The van der Waals surface area contributed by atoms with E-state index in [1.165, 1.54) is 16.8 Å². The molecule has 3 rings (SSSR count). The maximum atomic E-state index is 13.6. The molecule has 0 bridgehead atoms. The molecule has 0 fully saturated rings. The molecule has 0 aliphatic heterocycles. The maximum absolute atomic E-state index is 13.6. The summed E-state index contributed by atoms with van der Waals surface area (Å²) < 4.78 is 14.9. The number of benzene rings is 1. The van der Waals surface area contributed by atoms with Crippen molar-refractivity contribution in [2.24, 2.45) is 0 Å². The third-order valence-electron chi connectivity index (χ3n) is 2.83. The predicted octanol–water partition coefficient (Wildman–Crippen LogP) is 2.23. The first-order valence-corrected chi connectivity index (χ1v) is 6.01. The Hall–Kier alpha value is -2.76. The van der Waals surface area contributed by atoms with E-state index in [4.69, 9.17) is 0 Å². The monoisotopic (exact) mass is 270 g/mol. The molecule has 3 aromatic rings. The molecule has 20 heavy (non-hydrogen) atoms. The molecule has 0 unspecified atom stereocenters. The summed E-state index contributed by atoms with van der Waals surface area (Å²) >= 11 is 0. The summed E-state index contributed by atoms with van der Waals surface area (Å²) in [6, 6.07) is 9.52. The predicted molar refractivity (Wildman–Crippen MR) is 70.4 cm³/mol. The van der Waals surface area contributed by atoms with Crippen LogP contribution in [0.15, 0.2) is 48.8 Å². The molecule has 0 saturated heterocycles. The molecular formula is C14H11FN4O. The highest BCUT2D eigenvalue weighted by atomic mass is 19.1. The van der Waals surface area contributed by atoms with Gasteiger partial charge in [-0.3, -0.25) is 0 Å². The topological polar surface area (TPSA) is 63.8 Å². The van der Waals surface area contributed by atoms with E-state index in [1.807, 2.05) is 0 Å². The molecule has 0 radical (unpaired) electrons. The summed E-state index contributed by atoms with van der Waals surface area (Å²) in [7, 11) is 0.